The SMILES string of the molecule is CC[C@@H](C)[C@@H](NC(=O)OC(C)(C)C)C(=O)OC1CCC(N(C(=O)C2CCC(C)CC2)c2cc(C(C)(C)C)sc2C(=O)O)CC1. The van der Waals surface area contributed by atoms with Gasteiger partial charge < -0.3 is 24.8 Å². The van der Waals surface area contributed by atoms with Crippen LogP contribution >= 0.6 is 11.3 Å². The lowest BCUT2D eigenvalue weighted by Crippen LogP contribution is -2.50. The lowest BCUT2D eigenvalue weighted by Gasteiger charge is -2.39. The van der Waals surface area contributed by atoms with Crippen molar-refractivity contribution in [3.63, 3.8) is 0 Å². The second-order valence-electron chi connectivity index (χ2n) is 14.9. The molecule has 0 aromatic carbocycles. The summed E-state index contributed by atoms with van der Waals surface area (Å²) in [6, 6.07) is 0.879. The fourth-order valence-electron chi connectivity index (χ4n) is 6.04. The maximum Gasteiger partial charge on any atom is 0.408 e. The number of alkyl carbamates (subject to hydrolysis) is 1. The Balaban J connectivity index is 1.80. The lowest BCUT2D eigenvalue weighted by atomic mass is 9.81. The smallest absolute Gasteiger partial charge is 0.408 e. The molecule has 248 valence electrons. The van der Waals surface area contributed by atoms with Crippen LogP contribution < -0.4 is 10.2 Å². The van der Waals surface area contributed by atoms with Crippen LogP contribution in [0.5, 0.6) is 0 Å². The molecule has 0 saturated heterocycles. The van der Waals surface area contributed by atoms with Crippen LogP contribution in [0.4, 0.5) is 10.5 Å². The van der Waals surface area contributed by atoms with Crippen LogP contribution in [-0.4, -0.2) is 52.8 Å². The minimum Gasteiger partial charge on any atom is -0.477 e. The van der Waals surface area contributed by atoms with Crippen molar-refractivity contribution >= 4 is 41.0 Å². The van der Waals surface area contributed by atoms with Gasteiger partial charge in [-0.3, -0.25) is 4.79 Å². The van der Waals surface area contributed by atoms with Crippen molar-refractivity contribution in [1.29, 1.82) is 0 Å². The molecular formula is C34H54N2O7S. The molecule has 44 heavy (non-hydrogen) atoms. The summed E-state index contributed by atoms with van der Waals surface area (Å²) >= 11 is 1.25. The fraction of sp³-hybridized carbons (Fsp3) is 0.765. The van der Waals surface area contributed by atoms with E-state index in [1.165, 1.54) is 11.3 Å². The zero-order chi connectivity index (χ0) is 33.0. The van der Waals surface area contributed by atoms with Crippen molar-refractivity contribution in [2.24, 2.45) is 17.8 Å². The molecule has 0 aliphatic heterocycles. The number of ether oxygens (including phenoxy) is 2. The molecule has 2 amide bonds. The summed E-state index contributed by atoms with van der Waals surface area (Å²) in [5, 5.41) is 12.9. The van der Waals surface area contributed by atoms with Crippen LogP contribution in [0.3, 0.4) is 0 Å². The van der Waals surface area contributed by atoms with Gasteiger partial charge in [-0.25, -0.2) is 14.4 Å². The van der Waals surface area contributed by atoms with Crippen molar-refractivity contribution in [1.82, 2.24) is 5.32 Å². The summed E-state index contributed by atoms with van der Waals surface area (Å²) in [5.41, 5.74) is -0.454. The van der Waals surface area contributed by atoms with E-state index in [1.54, 1.807) is 25.7 Å². The zero-order valence-electron chi connectivity index (χ0n) is 28.2. The Morgan fingerprint density at radius 3 is 2.09 bits per heavy atom. The monoisotopic (exact) mass is 634 g/mol. The van der Waals surface area contributed by atoms with E-state index in [9.17, 15) is 24.3 Å². The molecule has 9 nitrogen and oxygen atoms in total. The molecular weight excluding hydrogens is 580 g/mol. The van der Waals surface area contributed by atoms with Crippen LogP contribution in [0, 0.1) is 17.8 Å². The molecule has 0 spiro atoms. The van der Waals surface area contributed by atoms with Crippen LogP contribution in [0.15, 0.2) is 6.07 Å². The second-order valence-corrected chi connectivity index (χ2v) is 16.0. The highest BCUT2D eigenvalue weighted by molar-refractivity contribution is 7.14. The number of thiophene rings is 1. The zero-order valence-corrected chi connectivity index (χ0v) is 29.0. The number of carboxylic acids is 1. The van der Waals surface area contributed by atoms with Gasteiger partial charge in [0, 0.05) is 16.8 Å². The number of carbonyl (C=O) groups is 4. The fourth-order valence-corrected chi connectivity index (χ4v) is 7.09. The Kier molecular flexibility index (Phi) is 11.9. The van der Waals surface area contributed by atoms with Gasteiger partial charge in [0.1, 0.15) is 22.6 Å². The first kappa shape index (κ1) is 35.9. The number of rotatable bonds is 9. The molecule has 1 aromatic heterocycles. The molecule has 2 aliphatic rings. The predicted molar refractivity (Wildman–Crippen MR) is 173 cm³/mol. The number of aromatic carboxylic acids is 1. The Morgan fingerprint density at radius 1 is 1.00 bits per heavy atom. The molecule has 10 heteroatoms. The first-order valence-corrected chi connectivity index (χ1v) is 17.1. The molecule has 0 bridgehead atoms. The number of carboxylic acid groups (broad SMARTS) is 1. The summed E-state index contributed by atoms with van der Waals surface area (Å²) in [4.78, 5) is 55.3. The van der Waals surface area contributed by atoms with E-state index in [1.807, 2.05) is 40.7 Å². The van der Waals surface area contributed by atoms with E-state index in [2.05, 4.69) is 12.2 Å². The van der Waals surface area contributed by atoms with Crippen LogP contribution in [0.25, 0.3) is 0 Å². The van der Waals surface area contributed by atoms with Gasteiger partial charge in [0.15, 0.2) is 0 Å². The molecule has 2 N–H and O–H groups in total. The number of carbonyl (C=O) groups excluding carboxylic acids is 3. The van der Waals surface area contributed by atoms with Crippen LogP contribution in [0.1, 0.15) is 135 Å². The van der Waals surface area contributed by atoms with Gasteiger partial charge >= 0.3 is 18.0 Å². The molecule has 3 rings (SSSR count). The normalized spacial score (nSPS) is 24.1. The van der Waals surface area contributed by atoms with Gasteiger partial charge in [-0.05, 0) is 95.5 Å². The Morgan fingerprint density at radius 2 is 1.59 bits per heavy atom. The highest BCUT2D eigenvalue weighted by Crippen LogP contribution is 2.42. The van der Waals surface area contributed by atoms with Gasteiger partial charge in [-0.1, -0.05) is 48.0 Å². The number of nitrogens with zero attached hydrogens (tertiary/aromatic N) is 1. The summed E-state index contributed by atoms with van der Waals surface area (Å²) in [6.07, 6.45) is 5.50. The molecule has 2 atom stereocenters. The Bertz CT molecular complexity index is 1170. The summed E-state index contributed by atoms with van der Waals surface area (Å²) in [7, 11) is 0. The number of hydrogen-bond acceptors (Lipinski definition) is 7. The summed E-state index contributed by atoms with van der Waals surface area (Å²) in [5.74, 6) is -1.19. The van der Waals surface area contributed by atoms with Gasteiger partial charge in [-0.15, -0.1) is 11.3 Å². The highest BCUT2D eigenvalue weighted by Gasteiger charge is 2.39. The van der Waals surface area contributed by atoms with Crippen molar-refractivity contribution < 1.29 is 33.8 Å². The lowest BCUT2D eigenvalue weighted by molar-refractivity contribution is -0.154. The Labute approximate surface area is 267 Å². The highest BCUT2D eigenvalue weighted by atomic mass is 32.1. The maximum absolute atomic E-state index is 14.2. The third-order valence-corrected chi connectivity index (χ3v) is 10.5. The number of anilines is 1. The first-order chi connectivity index (χ1) is 20.4. The topological polar surface area (TPSA) is 122 Å². The summed E-state index contributed by atoms with van der Waals surface area (Å²) < 4.78 is 11.3. The molecule has 2 fully saturated rings. The van der Waals surface area contributed by atoms with Crippen molar-refractivity contribution in [2.45, 2.75) is 149 Å². The third-order valence-electron chi connectivity index (χ3n) is 8.94. The standard InChI is InChI=1S/C34H54N2O7S/c1-10-21(3)27(35-32(41)43-34(7,8)9)31(40)42-24-17-15-23(16-18-24)36(29(37)22-13-11-20(2)12-14-22)25-19-26(33(4,5)6)44-28(25)30(38)39/h19-24,27H,10-18H2,1-9H3,(H,35,41)(H,38,39)/t20?,21-,22?,23?,24?,27-/m1/s1. The number of nitrogens with one attached hydrogen (secondary N) is 1. The summed E-state index contributed by atoms with van der Waals surface area (Å²) in [6.45, 7) is 17.5. The average molecular weight is 635 g/mol. The molecule has 2 saturated carbocycles. The van der Waals surface area contributed by atoms with E-state index >= 15 is 0 Å². The van der Waals surface area contributed by atoms with Crippen molar-refractivity contribution in [3.05, 3.63) is 15.8 Å². The largest absolute Gasteiger partial charge is 0.477 e. The number of hydrogen-bond donors (Lipinski definition) is 2. The van der Waals surface area contributed by atoms with E-state index in [0.717, 1.165) is 30.6 Å². The molecule has 0 unspecified atom stereocenters. The van der Waals surface area contributed by atoms with Gasteiger partial charge in [0.25, 0.3) is 0 Å². The van der Waals surface area contributed by atoms with Gasteiger partial charge in [0.2, 0.25) is 5.91 Å². The van der Waals surface area contributed by atoms with Gasteiger partial charge in [0.05, 0.1) is 5.69 Å². The minimum absolute atomic E-state index is 0.0106. The molecule has 1 aromatic rings. The van der Waals surface area contributed by atoms with E-state index in [4.69, 9.17) is 9.47 Å². The minimum atomic E-state index is -1.02. The number of esters is 1. The maximum atomic E-state index is 14.2. The van der Waals surface area contributed by atoms with E-state index in [-0.39, 0.29) is 40.2 Å². The first-order valence-electron chi connectivity index (χ1n) is 16.3. The Hall–Kier alpha value is -2.62. The number of amides is 2. The van der Waals surface area contributed by atoms with E-state index in [0.29, 0.717) is 43.7 Å². The third kappa shape index (κ3) is 9.44. The van der Waals surface area contributed by atoms with Crippen molar-refractivity contribution in [2.75, 3.05) is 4.90 Å². The van der Waals surface area contributed by atoms with Gasteiger partial charge in [-0.2, -0.15) is 0 Å². The molecule has 0 radical (unpaired) electrons. The van der Waals surface area contributed by atoms with E-state index < -0.39 is 29.7 Å². The van der Waals surface area contributed by atoms with Crippen LogP contribution in [-0.2, 0) is 24.5 Å². The average Bonchev–Trinajstić information content (AvgIpc) is 3.38. The predicted octanol–water partition coefficient (Wildman–Crippen LogP) is 7.70. The molecule has 2 aliphatic carbocycles. The van der Waals surface area contributed by atoms with Crippen LogP contribution in [0.2, 0.25) is 0 Å². The molecule has 1 heterocycles. The van der Waals surface area contributed by atoms with Crippen molar-refractivity contribution in [3.8, 4) is 0 Å². The quantitative estimate of drug-likeness (QED) is 0.267. The second kappa shape index (κ2) is 14.6.